The van der Waals surface area contributed by atoms with Gasteiger partial charge in [-0.1, -0.05) is 56.8 Å². The maximum atomic E-state index is 4.33. The van der Waals surface area contributed by atoms with Crippen LogP contribution in [0, 0.1) is 6.07 Å². The van der Waals surface area contributed by atoms with Crippen molar-refractivity contribution in [3.8, 4) is 22.6 Å². The summed E-state index contributed by atoms with van der Waals surface area (Å²) in [5.74, 6) is 0. The van der Waals surface area contributed by atoms with Crippen molar-refractivity contribution in [1.82, 2.24) is 25.1 Å². The number of para-hydroxylation sites is 1. The molecule has 6 heteroatoms. The average molecular weight is 598 g/mol. The van der Waals surface area contributed by atoms with Gasteiger partial charge in [0.15, 0.2) is 0 Å². The largest absolute Gasteiger partial charge is 0.573 e. The van der Waals surface area contributed by atoms with Crippen LogP contribution in [-0.2, 0) is 25.5 Å². The molecule has 1 radical (unpaired) electrons. The molecule has 0 bridgehead atoms. The Labute approximate surface area is 201 Å². The number of nitrogens with zero attached hydrogens (tertiary/aromatic N) is 5. The average Bonchev–Trinajstić information content (AvgIpc) is 3.32. The first kappa shape index (κ1) is 23.5. The molecule has 5 aromatic rings. The molecule has 0 aliphatic heterocycles. The summed E-state index contributed by atoms with van der Waals surface area (Å²) in [6, 6.07) is 26.8. The summed E-state index contributed by atoms with van der Waals surface area (Å²) >= 11 is 0. The Balaban J connectivity index is 0.000000176. The van der Waals surface area contributed by atoms with Crippen molar-refractivity contribution in [1.29, 1.82) is 0 Å². The second-order valence-electron chi connectivity index (χ2n) is 8.10. The molecule has 5 rings (SSSR count). The van der Waals surface area contributed by atoms with Crippen molar-refractivity contribution < 1.29 is 20.1 Å². The number of benzene rings is 2. The molecule has 2 aromatic carbocycles. The van der Waals surface area contributed by atoms with Gasteiger partial charge in [0.2, 0.25) is 0 Å². The van der Waals surface area contributed by atoms with E-state index < -0.39 is 0 Å². The molecule has 5 nitrogen and oxygen atoms in total. The van der Waals surface area contributed by atoms with E-state index >= 15 is 0 Å². The van der Waals surface area contributed by atoms with E-state index in [1.165, 1.54) is 0 Å². The van der Waals surface area contributed by atoms with Gasteiger partial charge >= 0.3 is 0 Å². The van der Waals surface area contributed by atoms with Gasteiger partial charge in [0.05, 0.1) is 5.52 Å². The van der Waals surface area contributed by atoms with Gasteiger partial charge in [-0.25, -0.2) is 4.98 Å². The summed E-state index contributed by atoms with van der Waals surface area (Å²) in [5, 5.41) is 9.38. The minimum atomic E-state index is 0. The Morgan fingerprint density at radius 3 is 2.31 bits per heavy atom. The van der Waals surface area contributed by atoms with Gasteiger partial charge < -0.3 is 10.2 Å². The van der Waals surface area contributed by atoms with Crippen LogP contribution in [0.5, 0.6) is 0 Å². The summed E-state index contributed by atoms with van der Waals surface area (Å²) in [6.45, 7) is 6.37. The second-order valence-corrected chi connectivity index (χ2v) is 8.10. The molecule has 0 N–H and O–H groups in total. The Morgan fingerprint density at radius 2 is 1.62 bits per heavy atom. The Morgan fingerprint density at radius 1 is 0.844 bits per heavy atom. The summed E-state index contributed by atoms with van der Waals surface area (Å²) in [6.07, 6.45) is 3.36. The fourth-order valence-corrected chi connectivity index (χ4v) is 3.06. The third-order valence-electron chi connectivity index (χ3n) is 4.74. The molecule has 0 aliphatic rings. The van der Waals surface area contributed by atoms with Crippen LogP contribution in [0.15, 0.2) is 85.3 Å². The molecular weight excluding hydrogens is 575 g/mol. The SMILES string of the molecule is CC(C)(C)c1cc(-c2ccccn2)[n-]n1.[Ir].[c-]1ccccc1-c1ncnc2ccccc12. The summed E-state index contributed by atoms with van der Waals surface area (Å²) in [5.41, 5.74) is 5.67. The van der Waals surface area contributed by atoms with Gasteiger partial charge in [-0.2, -0.15) is 0 Å². The fourth-order valence-electron chi connectivity index (χ4n) is 3.06. The van der Waals surface area contributed by atoms with Gasteiger partial charge in [0, 0.05) is 43.1 Å². The minimum absolute atomic E-state index is 0. The summed E-state index contributed by atoms with van der Waals surface area (Å²) in [4.78, 5) is 12.8. The van der Waals surface area contributed by atoms with E-state index in [0.717, 1.165) is 39.2 Å². The first-order valence-electron chi connectivity index (χ1n) is 10.1. The molecular formula is C26H23IrN5-2. The standard InChI is InChI=1S/C14H9N2.C12H14N3.Ir/c1-2-6-11(7-3-1)14-12-8-4-5-9-13(12)15-10-16-14;1-12(2,3)11-8-10(14-15-11)9-6-4-5-7-13-9;/h1-6,8-10H;4-8H,1-3H3;/q2*-1;. The molecule has 0 spiro atoms. The van der Waals surface area contributed by atoms with E-state index in [9.17, 15) is 0 Å². The van der Waals surface area contributed by atoms with Crippen molar-refractivity contribution in [3.05, 3.63) is 97.1 Å². The van der Waals surface area contributed by atoms with E-state index in [1.54, 1.807) is 12.5 Å². The van der Waals surface area contributed by atoms with E-state index in [4.69, 9.17) is 0 Å². The molecule has 32 heavy (non-hydrogen) atoms. The van der Waals surface area contributed by atoms with Gasteiger partial charge in [-0.15, -0.1) is 35.9 Å². The quantitative estimate of drug-likeness (QED) is 0.252. The monoisotopic (exact) mass is 598 g/mol. The summed E-state index contributed by atoms with van der Waals surface area (Å²) < 4.78 is 0. The zero-order valence-electron chi connectivity index (χ0n) is 18.2. The van der Waals surface area contributed by atoms with Crippen LogP contribution in [0.2, 0.25) is 0 Å². The number of aromatic nitrogens is 5. The molecule has 0 aliphatic carbocycles. The van der Waals surface area contributed by atoms with E-state index in [0.29, 0.717) is 0 Å². The van der Waals surface area contributed by atoms with Crippen molar-refractivity contribution in [2.24, 2.45) is 0 Å². The number of fused-ring (bicyclic) bond motifs is 1. The smallest absolute Gasteiger partial charge is 0.106 e. The summed E-state index contributed by atoms with van der Waals surface area (Å²) in [7, 11) is 0. The molecule has 0 fully saturated rings. The predicted molar refractivity (Wildman–Crippen MR) is 123 cm³/mol. The molecule has 163 valence electrons. The molecule has 0 saturated heterocycles. The third kappa shape index (κ3) is 5.52. The first-order chi connectivity index (χ1) is 15.0. The number of hydrogen-bond donors (Lipinski definition) is 0. The van der Waals surface area contributed by atoms with Gasteiger partial charge in [0.1, 0.15) is 6.33 Å². The maximum Gasteiger partial charge on any atom is 0.106 e. The molecule has 0 unspecified atom stereocenters. The van der Waals surface area contributed by atoms with Crippen LogP contribution in [0.3, 0.4) is 0 Å². The first-order valence-corrected chi connectivity index (χ1v) is 10.1. The molecule has 0 saturated carbocycles. The molecule has 3 heterocycles. The molecule has 0 atom stereocenters. The van der Waals surface area contributed by atoms with Crippen molar-refractivity contribution in [2.45, 2.75) is 26.2 Å². The number of hydrogen-bond acceptors (Lipinski definition) is 4. The van der Waals surface area contributed by atoms with Crippen molar-refractivity contribution in [3.63, 3.8) is 0 Å². The van der Waals surface area contributed by atoms with Gasteiger partial charge in [-0.05, 0) is 29.3 Å². The fraction of sp³-hybridized carbons (Fsp3) is 0.154. The topological polar surface area (TPSA) is 65.7 Å². The Kier molecular flexibility index (Phi) is 7.62. The second kappa shape index (κ2) is 10.4. The number of rotatable bonds is 2. The molecule has 3 aromatic heterocycles. The predicted octanol–water partition coefficient (Wildman–Crippen LogP) is 5.49. The minimum Gasteiger partial charge on any atom is -0.573 e. The van der Waals surface area contributed by atoms with Crippen LogP contribution in [-0.4, -0.2) is 20.1 Å². The van der Waals surface area contributed by atoms with E-state index in [2.05, 4.69) is 52.0 Å². The molecule has 0 amide bonds. The van der Waals surface area contributed by atoms with Crippen LogP contribution >= 0.6 is 0 Å². The van der Waals surface area contributed by atoms with Crippen LogP contribution in [0.4, 0.5) is 0 Å². The van der Waals surface area contributed by atoms with E-state index in [-0.39, 0.29) is 25.5 Å². The van der Waals surface area contributed by atoms with Gasteiger partial charge in [0.25, 0.3) is 0 Å². The van der Waals surface area contributed by atoms with Crippen LogP contribution < -0.4 is 5.10 Å². The van der Waals surface area contributed by atoms with E-state index in [1.807, 2.05) is 72.8 Å². The Bertz CT molecular complexity index is 1260. The van der Waals surface area contributed by atoms with Crippen LogP contribution in [0.1, 0.15) is 26.5 Å². The zero-order chi connectivity index (χ0) is 21.7. The van der Waals surface area contributed by atoms with Gasteiger partial charge in [-0.3, -0.25) is 9.97 Å². The zero-order valence-corrected chi connectivity index (χ0v) is 20.5. The third-order valence-corrected chi connectivity index (χ3v) is 4.74. The maximum absolute atomic E-state index is 4.33. The van der Waals surface area contributed by atoms with Crippen LogP contribution in [0.25, 0.3) is 33.5 Å². The Hall–Kier alpha value is -3.21. The normalized spacial score (nSPS) is 10.7. The van der Waals surface area contributed by atoms with Crippen molar-refractivity contribution in [2.75, 3.05) is 0 Å². The van der Waals surface area contributed by atoms with Crippen molar-refractivity contribution >= 4 is 10.9 Å². The number of pyridine rings is 1.